The Morgan fingerprint density at radius 3 is 2.68 bits per heavy atom. The topological polar surface area (TPSA) is 61.8 Å². The normalized spacial score (nSPS) is 11.6. The van der Waals surface area contributed by atoms with Crippen LogP contribution in [0.25, 0.3) is 0 Å². The fourth-order valence-corrected chi connectivity index (χ4v) is 2.12. The molecular formula is C15H14ClN3. The highest BCUT2D eigenvalue weighted by atomic mass is 35.5. The number of hydrogen-bond acceptors (Lipinski definition) is 3. The number of halogens is 1. The number of nitrogens with two attached hydrogens (primary N) is 1. The molecule has 0 bridgehead atoms. The van der Waals surface area contributed by atoms with Crippen molar-refractivity contribution in [2.75, 3.05) is 11.1 Å². The van der Waals surface area contributed by atoms with Crippen LogP contribution in [0, 0.1) is 11.3 Å². The SMILES string of the molecule is CC(Nc1cccc(Cl)c1C#N)c1cccc(N)c1. The van der Waals surface area contributed by atoms with Gasteiger partial charge >= 0.3 is 0 Å². The first-order valence-corrected chi connectivity index (χ1v) is 6.30. The summed E-state index contributed by atoms with van der Waals surface area (Å²) in [7, 11) is 0. The predicted octanol–water partition coefficient (Wildman–Crippen LogP) is 3.97. The standard InChI is InChI=1S/C15H14ClN3/c1-10(11-4-2-5-12(18)8-11)19-15-7-3-6-14(16)13(15)9-17/h2-8,10,19H,18H2,1H3. The molecule has 19 heavy (non-hydrogen) atoms. The summed E-state index contributed by atoms with van der Waals surface area (Å²) in [5, 5.41) is 12.9. The van der Waals surface area contributed by atoms with Crippen LogP contribution in [0.3, 0.4) is 0 Å². The van der Waals surface area contributed by atoms with Crippen molar-refractivity contribution in [2.24, 2.45) is 0 Å². The maximum atomic E-state index is 9.13. The van der Waals surface area contributed by atoms with Crippen LogP contribution < -0.4 is 11.1 Å². The Morgan fingerprint density at radius 1 is 1.26 bits per heavy atom. The summed E-state index contributed by atoms with van der Waals surface area (Å²) >= 11 is 6.00. The molecule has 0 radical (unpaired) electrons. The van der Waals surface area contributed by atoms with E-state index in [0.29, 0.717) is 10.6 Å². The van der Waals surface area contributed by atoms with Crippen molar-refractivity contribution < 1.29 is 0 Å². The van der Waals surface area contributed by atoms with Gasteiger partial charge in [0.2, 0.25) is 0 Å². The van der Waals surface area contributed by atoms with E-state index >= 15 is 0 Å². The molecule has 0 heterocycles. The molecule has 0 spiro atoms. The van der Waals surface area contributed by atoms with E-state index in [-0.39, 0.29) is 6.04 Å². The van der Waals surface area contributed by atoms with E-state index in [0.717, 1.165) is 16.9 Å². The highest BCUT2D eigenvalue weighted by Gasteiger charge is 2.10. The van der Waals surface area contributed by atoms with Crippen LogP contribution in [0.15, 0.2) is 42.5 Å². The lowest BCUT2D eigenvalue weighted by Gasteiger charge is -2.17. The minimum Gasteiger partial charge on any atom is -0.399 e. The highest BCUT2D eigenvalue weighted by Crippen LogP contribution is 2.27. The van der Waals surface area contributed by atoms with Gasteiger partial charge in [0, 0.05) is 11.7 Å². The maximum Gasteiger partial charge on any atom is 0.103 e. The molecule has 0 aromatic heterocycles. The molecule has 0 fully saturated rings. The summed E-state index contributed by atoms with van der Waals surface area (Å²) in [6, 6.07) is 15.2. The number of anilines is 2. The fraction of sp³-hybridized carbons (Fsp3) is 0.133. The first-order valence-electron chi connectivity index (χ1n) is 5.92. The summed E-state index contributed by atoms with van der Waals surface area (Å²) in [5.41, 5.74) is 8.73. The second-order valence-corrected chi connectivity index (χ2v) is 4.72. The lowest BCUT2D eigenvalue weighted by molar-refractivity contribution is 0.884. The van der Waals surface area contributed by atoms with Gasteiger partial charge in [-0.3, -0.25) is 0 Å². The Morgan fingerprint density at radius 2 is 2.00 bits per heavy atom. The Kier molecular flexibility index (Phi) is 3.94. The Labute approximate surface area is 117 Å². The molecule has 1 unspecified atom stereocenters. The minimum absolute atomic E-state index is 0.0362. The van der Waals surface area contributed by atoms with Gasteiger partial charge in [-0.15, -0.1) is 0 Å². The molecule has 3 nitrogen and oxygen atoms in total. The van der Waals surface area contributed by atoms with Crippen molar-refractivity contribution >= 4 is 23.0 Å². The molecule has 0 saturated heterocycles. The Hall–Kier alpha value is -2.18. The third-order valence-corrected chi connectivity index (χ3v) is 3.22. The van der Waals surface area contributed by atoms with Gasteiger partial charge in [0.25, 0.3) is 0 Å². The molecule has 2 aromatic carbocycles. The van der Waals surface area contributed by atoms with E-state index in [1.54, 1.807) is 6.07 Å². The molecular weight excluding hydrogens is 258 g/mol. The van der Waals surface area contributed by atoms with Gasteiger partial charge in [-0.05, 0) is 36.8 Å². The van der Waals surface area contributed by atoms with Gasteiger partial charge in [-0.2, -0.15) is 5.26 Å². The van der Waals surface area contributed by atoms with E-state index in [2.05, 4.69) is 11.4 Å². The number of nitrogens with zero attached hydrogens (tertiary/aromatic N) is 1. The summed E-state index contributed by atoms with van der Waals surface area (Å²) in [4.78, 5) is 0. The monoisotopic (exact) mass is 271 g/mol. The van der Waals surface area contributed by atoms with Crippen molar-refractivity contribution in [1.82, 2.24) is 0 Å². The molecule has 1 atom stereocenters. The van der Waals surface area contributed by atoms with Crippen LogP contribution in [0.5, 0.6) is 0 Å². The first-order chi connectivity index (χ1) is 9.11. The smallest absolute Gasteiger partial charge is 0.103 e. The second kappa shape index (κ2) is 5.64. The molecule has 3 N–H and O–H groups in total. The molecule has 2 rings (SSSR count). The lowest BCUT2D eigenvalue weighted by atomic mass is 10.1. The van der Waals surface area contributed by atoms with E-state index in [9.17, 15) is 0 Å². The third kappa shape index (κ3) is 2.98. The number of hydrogen-bond donors (Lipinski definition) is 2. The summed E-state index contributed by atoms with van der Waals surface area (Å²) < 4.78 is 0. The van der Waals surface area contributed by atoms with Gasteiger partial charge in [-0.1, -0.05) is 29.8 Å². The van der Waals surface area contributed by atoms with Gasteiger partial charge in [0.1, 0.15) is 6.07 Å². The van der Waals surface area contributed by atoms with Gasteiger partial charge in [0.15, 0.2) is 0 Å². The van der Waals surface area contributed by atoms with Crippen LogP contribution in [-0.4, -0.2) is 0 Å². The van der Waals surface area contributed by atoms with Gasteiger partial charge in [-0.25, -0.2) is 0 Å². The fourth-order valence-electron chi connectivity index (χ4n) is 1.90. The van der Waals surface area contributed by atoms with Crippen molar-refractivity contribution in [3.63, 3.8) is 0 Å². The number of nitrogen functional groups attached to an aromatic ring is 1. The zero-order chi connectivity index (χ0) is 13.8. The zero-order valence-electron chi connectivity index (χ0n) is 10.5. The van der Waals surface area contributed by atoms with Crippen molar-refractivity contribution in [2.45, 2.75) is 13.0 Å². The minimum atomic E-state index is 0.0362. The van der Waals surface area contributed by atoms with Crippen LogP contribution in [0.1, 0.15) is 24.1 Å². The van der Waals surface area contributed by atoms with Crippen LogP contribution in [0.2, 0.25) is 5.02 Å². The Balaban J connectivity index is 2.27. The lowest BCUT2D eigenvalue weighted by Crippen LogP contribution is -2.08. The van der Waals surface area contributed by atoms with Crippen LogP contribution in [-0.2, 0) is 0 Å². The third-order valence-electron chi connectivity index (χ3n) is 2.91. The predicted molar refractivity (Wildman–Crippen MR) is 79.1 cm³/mol. The summed E-state index contributed by atoms with van der Waals surface area (Å²) in [5.74, 6) is 0. The van der Waals surface area contributed by atoms with Gasteiger partial charge < -0.3 is 11.1 Å². The van der Waals surface area contributed by atoms with Crippen molar-refractivity contribution in [3.8, 4) is 6.07 Å². The largest absolute Gasteiger partial charge is 0.399 e. The van der Waals surface area contributed by atoms with Gasteiger partial charge in [0.05, 0.1) is 16.3 Å². The number of nitriles is 1. The van der Waals surface area contributed by atoms with E-state index in [1.807, 2.05) is 43.3 Å². The molecule has 0 amide bonds. The maximum absolute atomic E-state index is 9.13. The van der Waals surface area contributed by atoms with Crippen molar-refractivity contribution in [1.29, 1.82) is 5.26 Å². The quantitative estimate of drug-likeness (QED) is 0.831. The van der Waals surface area contributed by atoms with E-state index in [1.165, 1.54) is 0 Å². The number of nitrogens with one attached hydrogen (secondary N) is 1. The molecule has 4 heteroatoms. The average molecular weight is 272 g/mol. The summed E-state index contributed by atoms with van der Waals surface area (Å²) in [6.07, 6.45) is 0. The van der Waals surface area contributed by atoms with E-state index < -0.39 is 0 Å². The van der Waals surface area contributed by atoms with Crippen LogP contribution >= 0.6 is 11.6 Å². The first kappa shape index (κ1) is 13.3. The second-order valence-electron chi connectivity index (χ2n) is 4.31. The highest BCUT2D eigenvalue weighted by molar-refractivity contribution is 6.32. The molecule has 0 aliphatic carbocycles. The average Bonchev–Trinajstić information content (AvgIpc) is 2.39. The molecule has 96 valence electrons. The molecule has 2 aromatic rings. The molecule has 0 aliphatic rings. The van der Waals surface area contributed by atoms with Crippen molar-refractivity contribution in [3.05, 3.63) is 58.6 Å². The van der Waals surface area contributed by atoms with E-state index in [4.69, 9.17) is 22.6 Å². The Bertz CT molecular complexity index is 632. The summed E-state index contributed by atoms with van der Waals surface area (Å²) in [6.45, 7) is 2.01. The number of rotatable bonds is 3. The molecule has 0 aliphatic heterocycles. The number of benzene rings is 2. The zero-order valence-corrected chi connectivity index (χ0v) is 11.3. The molecule has 0 saturated carbocycles. The van der Waals surface area contributed by atoms with Crippen LogP contribution in [0.4, 0.5) is 11.4 Å².